The molecule has 0 unspecified atom stereocenters. The lowest BCUT2D eigenvalue weighted by atomic mass is 9.85. The molecule has 26 heavy (non-hydrogen) atoms. The molecule has 0 spiro atoms. The molecule has 1 aromatic carbocycles. The quantitative estimate of drug-likeness (QED) is 0.740. The predicted octanol–water partition coefficient (Wildman–Crippen LogP) is 3.22. The van der Waals surface area contributed by atoms with E-state index < -0.39 is 5.97 Å². The molecule has 2 fully saturated rings. The van der Waals surface area contributed by atoms with Crippen LogP contribution in [0.15, 0.2) is 24.3 Å². The molecular weight excluding hydrogens is 368 g/mol. The number of hydrogen-bond donors (Lipinski definition) is 2. The Morgan fingerprint density at radius 3 is 2.42 bits per heavy atom. The minimum Gasteiger partial charge on any atom is -0.480 e. The summed E-state index contributed by atoms with van der Waals surface area (Å²) in [5.41, 5.74) is 1.98. The van der Waals surface area contributed by atoms with Crippen molar-refractivity contribution in [2.24, 2.45) is 0 Å². The zero-order valence-electron chi connectivity index (χ0n) is 15.0. The SMILES string of the molecule is CCN(CC(=O)O)C1CC(NC(=O)c2ccc(C3SCCCS3)cc2)C1. The second-order valence-corrected chi connectivity index (χ2v) is 9.53. The summed E-state index contributed by atoms with van der Waals surface area (Å²) >= 11 is 3.96. The summed E-state index contributed by atoms with van der Waals surface area (Å²) in [6, 6.07) is 8.36. The maximum Gasteiger partial charge on any atom is 0.317 e. The maximum atomic E-state index is 12.4. The fraction of sp³-hybridized carbons (Fsp3) is 0.579. The molecule has 0 aromatic heterocycles. The number of nitrogens with zero attached hydrogens (tertiary/aromatic N) is 1. The van der Waals surface area contributed by atoms with Crippen LogP contribution in [-0.4, -0.2) is 58.6 Å². The Labute approximate surface area is 163 Å². The van der Waals surface area contributed by atoms with E-state index in [0.29, 0.717) is 10.1 Å². The van der Waals surface area contributed by atoms with Crippen molar-refractivity contribution in [1.82, 2.24) is 10.2 Å². The Morgan fingerprint density at radius 1 is 1.19 bits per heavy atom. The smallest absolute Gasteiger partial charge is 0.317 e. The number of aliphatic carboxylic acids is 1. The van der Waals surface area contributed by atoms with Gasteiger partial charge in [0.25, 0.3) is 5.91 Å². The van der Waals surface area contributed by atoms with Gasteiger partial charge < -0.3 is 10.4 Å². The van der Waals surface area contributed by atoms with E-state index in [1.54, 1.807) is 0 Å². The van der Waals surface area contributed by atoms with E-state index in [1.165, 1.54) is 23.5 Å². The molecule has 1 aliphatic heterocycles. The highest BCUT2D eigenvalue weighted by molar-refractivity contribution is 8.16. The molecule has 3 rings (SSSR count). The Hall–Kier alpha value is -1.18. The van der Waals surface area contributed by atoms with E-state index in [4.69, 9.17) is 5.11 Å². The first-order valence-corrected chi connectivity index (χ1v) is 11.3. The normalized spacial score (nSPS) is 23.5. The van der Waals surface area contributed by atoms with Gasteiger partial charge in [0.1, 0.15) is 0 Å². The number of carboxylic acids is 1. The van der Waals surface area contributed by atoms with Crippen molar-refractivity contribution < 1.29 is 14.7 Å². The van der Waals surface area contributed by atoms with Gasteiger partial charge in [-0.2, -0.15) is 0 Å². The highest BCUT2D eigenvalue weighted by Crippen LogP contribution is 2.43. The highest BCUT2D eigenvalue weighted by atomic mass is 32.2. The Bertz CT molecular complexity index is 626. The molecule has 0 radical (unpaired) electrons. The van der Waals surface area contributed by atoms with Crippen molar-refractivity contribution in [2.45, 2.75) is 42.9 Å². The molecule has 1 heterocycles. The van der Waals surface area contributed by atoms with E-state index in [-0.39, 0.29) is 24.5 Å². The van der Waals surface area contributed by atoms with E-state index in [9.17, 15) is 9.59 Å². The molecule has 7 heteroatoms. The van der Waals surface area contributed by atoms with Crippen molar-refractivity contribution in [2.75, 3.05) is 24.6 Å². The number of hydrogen-bond acceptors (Lipinski definition) is 5. The fourth-order valence-corrected chi connectivity index (χ4v) is 6.31. The number of likely N-dealkylation sites (N-methyl/N-ethyl adjacent to an activating group) is 1. The van der Waals surface area contributed by atoms with E-state index >= 15 is 0 Å². The van der Waals surface area contributed by atoms with E-state index in [0.717, 1.165) is 19.4 Å². The summed E-state index contributed by atoms with van der Waals surface area (Å²) in [7, 11) is 0. The van der Waals surface area contributed by atoms with Crippen molar-refractivity contribution in [3.05, 3.63) is 35.4 Å². The third kappa shape index (κ3) is 4.96. The van der Waals surface area contributed by atoms with Gasteiger partial charge in [-0.1, -0.05) is 19.1 Å². The summed E-state index contributed by atoms with van der Waals surface area (Å²) in [6.07, 6.45) is 2.91. The highest BCUT2D eigenvalue weighted by Gasteiger charge is 2.34. The van der Waals surface area contributed by atoms with Gasteiger partial charge in [-0.15, -0.1) is 23.5 Å². The first kappa shape index (κ1) is 19.6. The topological polar surface area (TPSA) is 69.6 Å². The molecule has 2 aliphatic rings. The van der Waals surface area contributed by atoms with Gasteiger partial charge in [-0.25, -0.2) is 0 Å². The number of carboxylic acid groups (broad SMARTS) is 1. The third-order valence-corrected chi connectivity index (χ3v) is 8.00. The van der Waals surface area contributed by atoms with Crippen LogP contribution in [0.2, 0.25) is 0 Å². The Morgan fingerprint density at radius 2 is 1.85 bits per heavy atom. The maximum absolute atomic E-state index is 12.4. The first-order chi connectivity index (χ1) is 12.6. The van der Waals surface area contributed by atoms with Gasteiger partial charge >= 0.3 is 5.97 Å². The minimum absolute atomic E-state index is 0.0368. The van der Waals surface area contributed by atoms with Crippen LogP contribution in [0.25, 0.3) is 0 Å². The summed E-state index contributed by atoms with van der Waals surface area (Å²) in [4.78, 5) is 25.3. The molecule has 5 nitrogen and oxygen atoms in total. The number of nitrogens with one attached hydrogen (secondary N) is 1. The van der Waals surface area contributed by atoms with Gasteiger partial charge in [-0.3, -0.25) is 14.5 Å². The van der Waals surface area contributed by atoms with Gasteiger partial charge in [-0.05, 0) is 55.0 Å². The fourth-order valence-electron chi connectivity index (χ4n) is 3.42. The molecule has 1 saturated heterocycles. The molecule has 1 saturated carbocycles. The second kappa shape index (κ2) is 9.15. The number of rotatable bonds is 7. The van der Waals surface area contributed by atoms with Crippen LogP contribution < -0.4 is 5.32 Å². The van der Waals surface area contributed by atoms with Crippen molar-refractivity contribution in [3.8, 4) is 0 Å². The van der Waals surface area contributed by atoms with Gasteiger partial charge in [0.05, 0.1) is 11.1 Å². The summed E-state index contributed by atoms with van der Waals surface area (Å²) in [5, 5.41) is 12.0. The van der Waals surface area contributed by atoms with Crippen molar-refractivity contribution in [1.29, 1.82) is 0 Å². The summed E-state index contributed by atoms with van der Waals surface area (Å²) in [5.74, 6) is 1.58. The molecule has 0 atom stereocenters. The van der Waals surface area contributed by atoms with Crippen LogP contribution in [0.3, 0.4) is 0 Å². The van der Waals surface area contributed by atoms with Crippen LogP contribution >= 0.6 is 23.5 Å². The lowest BCUT2D eigenvalue weighted by molar-refractivity contribution is -0.139. The number of benzene rings is 1. The third-order valence-electron chi connectivity index (χ3n) is 4.98. The van der Waals surface area contributed by atoms with E-state index in [2.05, 4.69) is 17.4 Å². The van der Waals surface area contributed by atoms with Gasteiger partial charge in [0.15, 0.2) is 0 Å². The first-order valence-electron chi connectivity index (χ1n) is 9.16. The number of carbonyl (C=O) groups excluding carboxylic acids is 1. The molecule has 142 valence electrons. The predicted molar refractivity (Wildman–Crippen MR) is 108 cm³/mol. The van der Waals surface area contributed by atoms with Crippen LogP contribution in [0.5, 0.6) is 0 Å². The molecule has 1 amide bonds. The average molecular weight is 395 g/mol. The van der Waals surface area contributed by atoms with Crippen LogP contribution in [-0.2, 0) is 4.79 Å². The number of thioether (sulfide) groups is 2. The zero-order chi connectivity index (χ0) is 18.5. The number of amides is 1. The standard InChI is InChI=1S/C19H26N2O3S2/c1-2-21(12-17(22)23)16-10-15(11-16)20-18(24)13-4-6-14(7-5-13)19-25-8-3-9-26-19/h4-7,15-16,19H,2-3,8-12H2,1H3,(H,20,24)(H,22,23). The summed E-state index contributed by atoms with van der Waals surface area (Å²) < 4.78 is 0.488. The van der Waals surface area contributed by atoms with Crippen LogP contribution in [0, 0.1) is 0 Å². The Balaban J connectivity index is 1.47. The van der Waals surface area contributed by atoms with E-state index in [1.807, 2.05) is 47.5 Å². The summed E-state index contributed by atoms with van der Waals surface area (Å²) in [6.45, 7) is 2.76. The Kier molecular flexibility index (Phi) is 6.89. The lowest BCUT2D eigenvalue weighted by Gasteiger charge is -2.42. The van der Waals surface area contributed by atoms with Gasteiger partial charge in [0.2, 0.25) is 0 Å². The molecule has 1 aromatic rings. The van der Waals surface area contributed by atoms with Crippen LogP contribution in [0.1, 0.15) is 46.7 Å². The lowest BCUT2D eigenvalue weighted by Crippen LogP contribution is -2.54. The number of carbonyl (C=O) groups is 2. The molecule has 0 bridgehead atoms. The van der Waals surface area contributed by atoms with Crippen LogP contribution in [0.4, 0.5) is 0 Å². The van der Waals surface area contributed by atoms with Crippen molar-refractivity contribution >= 4 is 35.4 Å². The molecule has 2 N–H and O–H groups in total. The minimum atomic E-state index is -0.797. The monoisotopic (exact) mass is 394 g/mol. The molecular formula is C19H26N2O3S2. The van der Waals surface area contributed by atoms with Crippen molar-refractivity contribution in [3.63, 3.8) is 0 Å². The average Bonchev–Trinajstić information content (AvgIpc) is 2.63. The zero-order valence-corrected chi connectivity index (χ0v) is 16.7. The largest absolute Gasteiger partial charge is 0.480 e. The second-order valence-electron chi connectivity index (χ2n) is 6.80. The molecule has 1 aliphatic carbocycles. The van der Waals surface area contributed by atoms with Gasteiger partial charge in [0, 0.05) is 17.6 Å².